The first-order valence-electron chi connectivity index (χ1n) is 8.33. The summed E-state index contributed by atoms with van der Waals surface area (Å²) in [5.74, 6) is -0.236. The maximum absolute atomic E-state index is 12.6. The van der Waals surface area contributed by atoms with Crippen molar-refractivity contribution < 1.29 is 18.0 Å². The molecule has 0 aliphatic heterocycles. The number of nitrogens with zero attached hydrogens (tertiary/aromatic N) is 2. The monoisotopic (exact) mass is 373 g/mol. The van der Waals surface area contributed by atoms with E-state index in [0.717, 1.165) is 10.8 Å². The molecular weight excluding hydrogens is 362 g/mol. The largest absolute Gasteiger partial charge is 0.459 e. The van der Waals surface area contributed by atoms with Gasteiger partial charge in [-0.05, 0) is 35.0 Å². The van der Waals surface area contributed by atoms with Gasteiger partial charge in [0.2, 0.25) is 0 Å². The summed E-state index contributed by atoms with van der Waals surface area (Å²) in [7, 11) is 0. The summed E-state index contributed by atoms with van der Waals surface area (Å²) in [6.07, 6.45) is 1.46. The first-order valence-corrected chi connectivity index (χ1v) is 8.33. The summed E-state index contributed by atoms with van der Waals surface area (Å²) < 4.78 is 15.8. The average molecular weight is 373 g/mol. The Kier molecular flexibility index (Phi) is 3.55. The van der Waals surface area contributed by atoms with Crippen molar-refractivity contribution in [3.63, 3.8) is 0 Å². The van der Waals surface area contributed by atoms with Crippen LogP contribution in [0.4, 0.5) is 6.01 Å². The van der Waals surface area contributed by atoms with Gasteiger partial charge in [0.25, 0.3) is 11.8 Å². The van der Waals surface area contributed by atoms with Crippen LogP contribution in [0.1, 0.15) is 10.4 Å². The summed E-state index contributed by atoms with van der Waals surface area (Å²) in [5, 5.41) is 12.4. The van der Waals surface area contributed by atoms with E-state index in [4.69, 9.17) is 13.3 Å². The number of amides is 1. The van der Waals surface area contributed by atoms with Crippen LogP contribution in [0.2, 0.25) is 0 Å². The van der Waals surface area contributed by atoms with Crippen LogP contribution >= 0.6 is 0 Å². The smallest absolute Gasteiger partial charge is 0.349 e. The number of aromatic nitrogens is 2. The van der Waals surface area contributed by atoms with Crippen LogP contribution in [0.25, 0.3) is 33.4 Å². The minimum absolute atomic E-state index is 0.108. The number of hydrogen-bond donors (Lipinski definition) is 1. The predicted molar refractivity (Wildman–Crippen MR) is 99.9 cm³/mol. The lowest BCUT2D eigenvalue weighted by Crippen LogP contribution is -2.20. The molecule has 5 rings (SSSR count). The zero-order chi connectivity index (χ0) is 19.1. The number of benzene rings is 2. The predicted octanol–water partition coefficient (Wildman–Crippen LogP) is 3.84. The second-order valence-corrected chi connectivity index (χ2v) is 5.99. The van der Waals surface area contributed by atoms with E-state index in [9.17, 15) is 9.59 Å². The molecule has 0 aliphatic carbocycles. The number of anilines is 1. The molecule has 0 fully saturated rings. The molecule has 8 nitrogen and oxygen atoms in total. The summed E-state index contributed by atoms with van der Waals surface area (Å²) in [6.45, 7) is 0. The van der Waals surface area contributed by atoms with Crippen LogP contribution in [0, 0.1) is 0 Å². The highest BCUT2D eigenvalue weighted by Crippen LogP contribution is 2.25. The van der Waals surface area contributed by atoms with Crippen molar-refractivity contribution >= 4 is 33.7 Å². The number of fused-ring (bicyclic) bond motifs is 3. The van der Waals surface area contributed by atoms with Crippen molar-refractivity contribution in [3.05, 3.63) is 76.8 Å². The SMILES string of the molecule is O=C(Nc1nnc(-c2ccco2)o1)c1cc2c(ccc3ccccc32)oc1=O. The van der Waals surface area contributed by atoms with Crippen molar-refractivity contribution in [2.45, 2.75) is 0 Å². The Hall–Kier alpha value is -4.20. The molecule has 2 aromatic carbocycles. The number of hydrogen-bond acceptors (Lipinski definition) is 7. The van der Waals surface area contributed by atoms with E-state index in [1.165, 1.54) is 12.3 Å². The molecule has 0 atom stereocenters. The highest BCUT2D eigenvalue weighted by molar-refractivity contribution is 6.10. The molecule has 3 aromatic heterocycles. The van der Waals surface area contributed by atoms with Gasteiger partial charge in [0, 0.05) is 5.39 Å². The Labute approximate surface area is 156 Å². The molecule has 0 spiro atoms. The fourth-order valence-corrected chi connectivity index (χ4v) is 2.97. The lowest BCUT2D eigenvalue weighted by atomic mass is 10.0. The second kappa shape index (κ2) is 6.20. The second-order valence-electron chi connectivity index (χ2n) is 5.99. The van der Waals surface area contributed by atoms with E-state index in [0.29, 0.717) is 16.7 Å². The van der Waals surface area contributed by atoms with Crippen LogP contribution < -0.4 is 10.9 Å². The zero-order valence-electron chi connectivity index (χ0n) is 14.2. The minimum atomic E-state index is -0.758. The molecule has 3 heterocycles. The van der Waals surface area contributed by atoms with Crippen molar-refractivity contribution in [2.75, 3.05) is 5.32 Å². The molecule has 0 saturated carbocycles. The number of rotatable bonds is 3. The van der Waals surface area contributed by atoms with Gasteiger partial charge < -0.3 is 13.3 Å². The van der Waals surface area contributed by atoms with Gasteiger partial charge in [-0.25, -0.2) is 4.79 Å². The Balaban J connectivity index is 1.53. The van der Waals surface area contributed by atoms with Crippen LogP contribution in [0.5, 0.6) is 0 Å². The molecule has 5 aromatic rings. The van der Waals surface area contributed by atoms with Crippen molar-refractivity contribution in [2.24, 2.45) is 0 Å². The third kappa shape index (κ3) is 2.64. The molecule has 136 valence electrons. The molecule has 8 heteroatoms. The fourth-order valence-electron chi connectivity index (χ4n) is 2.97. The van der Waals surface area contributed by atoms with Gasteiger partial charge in [0.1, 0.15) is 11.1 Å². The average Bonchev–Trinajstić information content (AvgIpc) is 3.39. The zero-order valence-corrected chi connectivity index (χ0v) is 14.2. The van der Waals surface area contributed by atoms with E-state index in [-0.39, 0.29) is 17.5 Å². The van der Waals surface area contributed by atoms with Crippen LogP contribution in [0.3, 0.4) is 0 Å². The Bertz CT molecular complexity index is 1380. The number of furan rings is 1. The number of carbonyl (C=O) groups is 1. The molecule has 0 saturated heterocycles. The van der Waals surface area contributed by atoms with E-state index in [1.54, 1.807) is 18.2 Å². The van der Waals surface area contributed by atoms with Gasteiger partial charge in [0.15, 0.2) is 5.76 Å². The highest BCUT2D eigenvalue weighted by Gasteiger charge is 2.18. The molecule has 28 heavy (non-hydrogen) atoms. The van der Waals surface area contributed by atoms with E-state index in [1.807, 2.05) is 30.3 Å². The summed E-state index contributed by atoms with van der Waals surface area (Å²) in [5.41, 5.74) is -0.522. The third-order valence-corrected chi connectivity index (χ3v) is 4.26. The molecule has 1 N–H and O–H groups in total. The van der Waals surface area contributed by atoms with Crippen LogP contribution in [-0.2, 0) is 0 Å². The topological polar surface area (TPSA) is 111 Å². The van der Waals surface area contributed by atoms with Gasteiger partial charge >= 0.3 is 11.6 Å². The van der Waals surface area contributed by atoms with Gasteiger partial charge in [-0.3, -0.25) is 10.1 Å². The number of nitrogens with one attached hydrogen (secondary N) is 1. The molecular formula is C20H11N3O5. The van der Waals surface area contributed by atoms with Crippen molar-refractivity contribution in [1.29, 1.82) is 0 Å². The first-order chi connectivity index (χ1) is 13.7. The Morgan fingerprint density at radius 3 is 2.68 bits per heavy atom. The van der Waals surface area contributed by atoms with Crippen molar-refractivity contribution in [1.82, 2.24) is 10.2 Å². The first kappa shape index (κ1) is 16.0. The van der Waals surface area contributed by atoms with Crippen molar-refractivity contribution in [3.8, 4) is 11.7 Å². The van der Waals surface area contributed by atoms with E-state index < -0.39 is 11.5 Å². The summed E-state index contributed by atoms with van der Waals surface area (Å²) in [4.78, 5) is 24.9. The minimum Gasteiger partial charge on any atom is -0.459 e. The summed E-state index contributed by atoms with van der Waals surface area (Å²) >= 11 is 0. The Morgan fingerprint density at radius 2 is 1.82 bits per heavy atom. The maximum Gasteiger partial charge on any atom is 0.349 e. The standard InChI is InChI=1S/C20H11N3O5/c24-17(21-20-23-22-18(28-20)16-6-3-9-26-16)14-10-13-12-5-2-1-4-11(12)7-8-15(13)27-19(14)25/h1-10H,(H,21,23,24). The lowest BCUT2D eigenvalue weighted by molar-refractivity contribution is 0.102. The van der Waals surface area contributed by atoms with Crippen LogP contribution in [0.15, 0.2) is 78.9 Å². The maximum atomic E-state index is 12.6. The lowest BCUT2D eigenvalue weighted by Gasteiger charge is -2.05. The van der Waals surface area contributed by atoms with E-state index in [2.05, 4.69) is 15.5 Å². The summed E-state index contributed by atoms with van der Waals surface area (Å²) in [6, 6.07) is 15.8. The quantitative estimate of drug-likeness (QED) is 0.378. The van der Waals surface area contributed by atoms with Gasteiger partial charge in [-0.15, -0.1) is 5.10 Å². The fraction of sp³-hybridized carbons (Fsp3) is 0. The molecule has 0 unspecified atom stereocenters. The molecule has 0 aliphatic rings. The van der Waals surface area contributed by atoms with E-state index >= 15 is 0 Å². The molecule has 0 radical (unpaired) electrons. The van der Waals surface area contributed by atoms with Gasteiger partial charge in [-0.2, -0.15) is 0 Å². The highest BCUT2D eigenvalue weighted by atomic mass is 16.4. The normalized spacial score (nSPS) is 11.1. The third-order valence-electron chi connectivity index (χ3n) is 4.26. The van der Waals surface area contributed by atoms with Gasteiger partial charge in [-0.1, -0.05) is 35.4 Å². The molecule has 0 bridgehead atoms. The van der Waals surface area contributed by atoms with Crippen LogP contribution in [-0.4, -0.2) is 16.1 Å². The number of carbonyl (C=O) groups excluding carboxylic acids is 1. The Morgan fingerprint density at radius 1 is 0.929 bits per heavy atom. The molecule has 1 amide bonds. The van der Waals surface area contributed by atoms with Gasteiger partial charge in [0.05, 0.1) is 6.26 Å².